The molecule has 1 rings (SSSR count). The van der Waals surface area contributed by atoms with Crippen LogP contribution in [0.15, 0.2) is 11.1 Å². The molecule has 1 aromatic rings. The quantitative estimate of drug-likeness (QED) is 0.780. The smallest absolute Gasteiger partial charge is 0.366 e. The Kier molecular flexibility index (Phi) is 4.62. The molecule has 5 nitrogen and oxygen atoms in total. The number of nitrogens with zero attached hydrogens (tertiary/aromatic N) is 2. The summed E-state index contributed by atoms with van der Waals surface area (Å²) in [6, 6.07) is 0. The van der Waals surface area contributed by atoms with Crippen LogP contribution in [0.2, 0.25) is 0 Å². The molecule has 0 aliphatic carbocycles. The monoisotopic (exact) mass is 306 g/mol. The van der Waals surface area contributed by atoms with Gasteiger partial charge >= 0.3 is 6.18 Å². The highest BCUT2D eigenvalue weighted by Crippen LogP contribution is 2.21. The van der Waals surface area contributed by atoms with E-state index in [0.717, 1.165) is 6.20 Å². The topological polar surface area (TPSA) is 61.2 Å². The Morgan fingerprint density at radius 3 is 2.56 bits per heavy atom. The van der Waals surface area contributed by atoms with Crippen LogP contribution >= 0.6 is 10.7 Å². The van der Waals surface area contributed by atoms with Crippen molar-refractivity contribution in [3.8, 4) is 0 Å². The summed E-state index contributed by atoms with van der Waals surface area (Å²) in [5.74, 6) is 0. The molecule has 0 aliphatic rings. The van der Waals surface area contributed by atoms with Crippen molar-refractivity contribution in [3.05, 3.63) is 11.9 Å². The van der Waals surface area contributed by atoms with Gasteiger partial charge in [-0.05, 0) is 6.92 Å². The first-order valence-corrected chi connectivity index (χ1v) is 7.10. The summed E-state index contributed by atoms with van der Waals surface area (Å²) in [7, 11) is 1.08. The highest BCUT2D eigenvalue weighted by molar-refractivity contribution is 8.13. The molecule has 0 amide bonds. The summed E-state index contributed by atoms with van der Waals surface area (Å²) in [4.78, 5) is -0.340. The Morgan fingerprint density at radius 1 is 1.50 bits per heavy atom. The van der Waals surface area contributed by atoms with Gasteiger partial charge in [0.25, 0.3) is 9.05 Å². The summed E-state index contributed by atoms with van der Waals surface area (Å²) in [6.45, 7) is -0.00177. The third-order valence-corrected chi connectivity index (χ3v) is 3.26. The number of alkyl halides is 3. The van der Waals surface area contributed by atoms with Gasteiger partial charge in [-0.15, -0.1) is 0 Å². The number of ether oxygens (including phenoxy) is 1. The fraction of sp³-hybridized carbons (Fsp3) is 0.625. The minimum absolute atomic E-state index is 0.143. The Bertz CT molecular complexity index is 512. The highest BCUT2D eigenvalue weighted by atomic mass is 35.7. The Morgan fingerprint density at radius 2 is 2.11 bits per heavy atom. The van der Waals surface area contributed by atoms with Gasteiger partial charge in [0, 0.05) is 23.4 Å². The highest BCUT2D eigenvalue weighted by Gasteiger charge is 2.28. The van der Waals surface area contributed by atoms with E-state index in [1.165, 1.54) is 4.68 Å². The molecule has 0 saturated heterocycles. The Balaban J connectivity index is 2.85. The summed E-state index contributed by atoms with van der Waals surface area (Å²) >= 11 is 0. The zero-order chi connectivity index (χ0) is 14.0. The molecular weight excluding hydrogens is 297 g/mol. The van der Waals surface area contributed by atoms with Crippen LogP contribution in [-0.4, -0.2) is 31.0 Å². The van der Waals surface area contributed by atoms with Crippen LogP contribution in [0.5, 0.6) is 0 Å². The number of halogens is 4. The van der Waals surface area contributed by atoms with Crippen LogP contribution < -0.4 is 0 Å². The average molecular weight is 307 g/mol. The number of aromatic nitrogens is 2. The molecule has 0 radical (unpaired) electrons. The van der Waals surface area contributed by atoms with E-state index in [4.69, 9.17) is 10.7 Å². The van der Waals surface area contributed by atoms with Crippen molar-refractivity contribution in [2.45, 2.75) is 31.1 Å². The SMILES string of the molecule is CCn1cc(S(=O)(=O)Cl)c(COCC(F)(F)F)n1. The largest absolute Gasteiger partial charge is 0.411 e. The average Bonchev–Trinajstić information content (AvgIpc) is 2.58. The van der Waals surface area contributed by atoms with Crippen LogP contribution in [0.1, 0.15) is 12.6 Å². The van der Waals surface area contributed by atoms with E-state index in [9.17, 15) is 21.6 Å². The van der Waals surface area contributed by atoms with Crippen molar-refractivity contribution in [1.29, 1.82) is 0 Å². The van der Waals surface area contributed by atoms with Crippen molar-refractivity contribution in [2.24, 2.45) is 0 Å². The lowest BCUT2D eigenvalue weighted by molar-refractivity contribution is -0.177. The molecule has 1 aromatic heterocycles. The first-order chi connectivity index (χ1) is 8.13. The molecule has 0 saturated carbocycles. The first kappa shape index (κ1) is 15.3. The van der Waals surface area contributed by atoms with Gasteiger partial charge in [-0.25, -0.2) is 8.42 Å². The molecule has 18 heavy (non-hydrogen) atoms. The van der Waals surface area contributed by atoms with E-state index in [0.29, 0.717) is 6.54 Å². The van der Waals surface area contributed by atoms with Gasteiger partial charge in [0.15, 0.2) is 0 Å². The Labute approximate surface area is 106 Å². The van der Waals surface area contributed by atoms with E-state index in [2.05, 4.69) is 9.84 Å². The lowest BCUT2D eigenvalue weighted by Gasteiger charge is -2.06. The standard InChI is InChI=1S/C8H10ClF3N2O3S/c1-2-14-3-7(18(9,15)16)6(13-14)4-17-5-8(10,11)12/h3H,2,4-5H2,1H3. The molecule has 0 N–H and O–H groups in total. The fourth-order valence-electron chi connectivity index (χ4n) is 1.17. The van der Waals surface area contributed by atoms with Crippen molar-refractivity contribution >= 4 is 19.7 Å². The van der Waals surface area contributed by atoms with Crippen LogP contribution in [0, 0.1) is 0 Å². The lowest BCUT2D eigenvalue weighted by Crippen LogP contribution is -2.17. The fourth-order valence-corrected chi connectivity index (χ4v) is 2.19. The Hall–Kier alpha value is -0.800. The molecule has 0 fully saturated rings. The van der Waals surface area contributed by atoms with Crippen molar-refractivity contribution in [1.82, 2.24) is 9.78 Å². The predicted molar refractivity (Wildman–Crippen MR) is 56.7 cm³/mol. The van der Waals surface area contributed by atoms with E-state index in [1.54, 1.807) is 6.92 Å². The lowest BCUT2D eigenvalue weighted by atomic mass is 10.4. The third-order valence-electron chi connectivity index (χ3n) is 1.89. The second kappa shape index (κ2) is 5.45. The van der Waals surface area contributed by atoms with Crippen molar-refractivity contribution in [2.75, 3.05) is 6.61 Å². The van der Waals surface area contributed by atoms with Crippen LogP contribution in [0.25, 0.3) is 0 Å². The van der Waals surface area contributed by atoms with Gasteiger partial charge in [0.05, 0.1) is 6.61 Å². The minimum atomic E-state index is -4.48. The maximum absolute atomic E-state index is 11.9. The molecule has 0 unspecified atom stereocenters. The maximum Gasteiger partial charge on any atom is 0.411 e. The molecule has 1 heterocycles. The maximum atomic E-state index is 11.9. The van der Waals surface area contributed by atoms with Crippen LogP contribution in [0.4, 0.5) is 13.2 Å². The predicted octanol–water partition coefficient (Wildman–Crippen LogP) is 1.91. The van der Waals surface area contributed by atoms with Gasteiger partial charge in [0.1, 0.15) is 17.2 Å². The summed E-state index contributed by atoms with van der Waals surface area (Å²) in [6.07, 6.45) is -3.33. The van der Waals surface area contributed by atoms with Crippen LogP contribution in [-0.2, 0) is 26.9 Å². The number of aryl methyl sites for hydroxylation is 1. The zero-order valence-corrected chi connectivity index (χ0v) is 10.8. The number of rotatable bonds is 5. The first-order valence-electron chi connectivity index (χ1n) is 4.79. The normalized spacial score (nSPS) is 12.9. The third kappa shape index (κ3) is 4.46. The second-order valence-corrected chi connectivity index (χ2v) is 5.88. The van der Waals surface area contributed by atoms with Gasteiger partial charge in [-0.2, -0.15) is 18.3 Å². The zero-order valence-electron chi connectivity index (χ0n) is 9.24. The van der Waals surface area contributed by atoms with Gasteiger partial charge in [-0.3, -0.25) is 4.68 Å². The number of hydrogen-bond donors (Lipinski definition) is 0. The molecule has 0 bridgehead atoms. The number of hydrogen-bond acceptors (Lipinski definition) is 4. The molecular formula is C8H10ClF3N2O3S. The summed E-state index contributed by atoms with van der Waals surface area (Å²) in [5.41, 5.74) is -0.143. The van der Waals surface area contributed by atoms with E-state index >= 15 is 0 Å². The molecule has 104 valence electrons. The molecule has 0 aliphatic heterocycles. The minimum Gasteiger partial charge on any atom is -0.366 e. The van der Waals surface area contributed by atoms with Crippen molar-refractivity contribution in [3.63, 3.8) is 0 Å². The van der Waals surface area contributed by atoms with E-state index < -0.39 is 28.4 Å². The van der Waals surface area contributed by atoms with E-state index in [-0.39, 0.29) is 10.6 Å². The van der Waals surface area contributed by atoms with E-state index in [1.807, 2.05) is 0 Å². The molecule has 0 atom stereocenters. The molecule has 10 heteroatoms. The second-order valence-electron chi connectivity index (χ2n) is 3.34. The van der Waals surface area contributed by atoms with Crippen molar-refractivity contribution < 1.29 is 26.3 Å². The molecule has 0 aromatic carbocycles. The summed E-state index contributed by atoms with van der Waals surface area (Å²) < 4.78 is 63.6. The molecule has 0 spiro atoms. The summed E-state index contributed by atoms with van der Waals surface area (Å²) in [5, 5.41) is 3.78. The van der Waals surface area contributed by atoms with Crippen LogP contribution in [0.3, 0.4) is 0 Å². The van der Waals surface area contributed by atoms with Gasteiger partial charge < -0.3 is 4.74 Å². The van der Waals surface area contributed by atoms with Gasteiger partial charge in [0.2, 0.25) is 0 Å². The van der Waals surface area contributed by atoms with Gasteiger partial charge in [-0.1, -0.05) is 0 Å².